The Balaban J connectivity index is 1.42. The quantitative estimate of drug-likeness (QED) is 0.311. The molecule has 0 spiro atoms. The van der Waals surface area contributed by atoms with Crippen molar-refractivity contribution in [3.05, 3.63) is 101 Å². The van der Waals surface area contributed by atoms with Crippen LogP contribution in [0.25, 0.3) is 0 Å². The van der Waals surface area contributed by atoms with Crippen LogP contribution in [0.15, 0.2) is 84.4 Å². The number of rotatable bonds is 11. The maximum atomic E-state index is 13.4. The van der Waals surface area contributed by atoms with E-state index in [4.69, 9.17) is 4.74 Å². The van der Waals surface area contributed by atoms with Gasteiger partial charge in [0.05, 0.1) is 25.0 Å². The average molecular weight is 502 g/mol. The Morgan fingerprint density at radius 2 is 1.78 bits per heavy atom. The zero-order valence-corrected chi connectivity index (χ0v) is 20.7. The number of anilines is 2. The minimum Gasteiger partial charge on any atom is -0.495 e. The molecule has 0 bridgehead atoms. The van der Waals surface area contributed by atoms with Crippen LogP contribution in [-0.4, -0.2) is 40.3 Å². The third-order valence-electron chi connectivity index (χ3n) is 5.38. The largest absolute Gasteiger partial charge is 0.495 e. The van der Waals surface area contributed by atoms with Crippen LogP contribution >= 0.6 is 11.3 Å². The van der Waals surface area contributed by atoms with Crippen molar-refractivity contribution in [3.8, 4) is 5.75 Å². The van der Waals surface area contributed by atoms with Crippen molar-refractivity contribution in [2.75, 3.05) is 19.0 Å². The van der Waals surface area contributed by atoms with E-state index in [0.29, 0.717) is 29.7 Å². The fraction of sp³-hybridized carbons (Fsp3) is 0.185. The van der Waals surface area contributed by atoms with Gasteiger partial charge in [-0.3, -0.25) is 14.6 Å². The molecular formula is C27H27N5O3S. The molecule has 0 saturated heterocycles. The van der Waals surface area contributed by atoms with Crippen LogP contribution in [0.5, 0.6) is 5.75 Å². The number of methoxy groups -OCH3 is 1. The van der Waals surface area contributed by atoms with E-state index >= 15 is 0 Å². The third-order valence-corrected chi connectivity index (χ3v) is 6.13. The lowest BCUT2D eigenvalue weighted by molar-refractivity contribution is -0.121. The van der Waals surface area contributed by atoms with Crippen molar-refractivity contribution in [3.63, 3.8) is 0 Å². The Labute approximate surface area is 214 Å². The SMILES string of the molecule is COc1ccccc1Nc1nc(C(=O)N(CCC(=O)NCc2ccccn2)Cc2ccccc2)cs1. The zero-order chi connectivity index (χ0) is 25.2. The molecule has 0 atom stereocenters. The van der Waals surface area contributed by atoms with E-state index in [9.17, 15) is 9.59 Å². The summed E-state index contributed by atoms with van der Waals surface area (Å²) in [6.07, 6.45) is 1.86. The van der Waals surface area contributed by atoms with Gasteiger partial charge in [0.1, 0.15) is 11.4 Å². The number of nitrogens with zero attached hydrogens (tertiary/aromatic N) is 3. The summed E-state index contributed by atoms with van der Waals surface area (Å²) in [5.41, 5.74) is 2.84. The fourth-order valence-corrected chi connectivity index (χ4v) is 4.22. The maximum absolute atomic E-state index is 13.4. The molecule has 2 amide bonds. The van der Waals surface area contributed by atoms with Crippen molar-refractivity contribution in [1.29, 1.82) is 0 Å². The van der Waals surface area contributed by atoms with Crippen LogP contribution in [0.4, 0.5) is 10.8 Å². The van der Waals surface area contributed by atoms with Crippen molar-refractivity contribution in [2.24, 2.45) is 0 Å². The second-order valence-corrected chi connectivity index (χ2v) is 8.78. The van der Waals surface area contributed by atoms with Crippen molar-refractivity contribution in [1.82, 2.24) is 20.2 Å². The predicted molar refractivity (Wildman–Crippen MR) is 140 cm³/mol. The molecule has 0 aliphatic carbocycles. The van der Waals surface area contributed by atoms with Crippen LogP contribution < -0.4 is 15.4 Å². The zero-order valence-electron chi connectivity index (χ0n) is 19.9. The summed E-state index contributed by atoms with van der Waals surface area (Å²) in [5.74, 6) is 0.298. The molecule has 4 aromatic rings. The minimum atomic E-state index is -0.235. The van der Waals surface area contributed by atoms with Gasteiger partial charge in [0.2, 0.25) is 5.91 Å². The molecule has 0 radical (unpaired) electrons. The standard InChI is InChI=1S/C27H27N5O3S/c1-35-24-13-6-5-12-22(24)30-27-31-23(19-36-27)26(34)32(18-20-9-3-2-4-10-20)16-14-25(33)29-17-21-11-7-8-15-28-21/h2-13,15,19H,14,16-18H2,1H3,(H,29,33)(H,30,31). The average Bonchev–Trinajstić information content (AvgIpc) is 3.39. The molecule has 36 heavy (non-hydrogen) atoms. The smallest absolute Gasteiger partial charge is 0.273 e. The Bertz CT molecular complexity index is 1280. The van der Waals surface area contributed by atoms with Gasteiger partial charge in [-0.25, -0.2) is 4.98 Å². The summed E-state index contributed by atoms with van der Waals surface area (Å²) in [6, 6.07) is 22.8. The molecule has 0 aliphatic rings. The number of para-hydroxylation sites is 2. The molecule has 9 heteroatoms. The lowest BCUT2D eigenvalue weighted by atomic mass is 10.2. The van der Waals surface area contributed by atoms with E-state index in [-0.39, 0.29) is 24.8 Å². The third kappa shape index (κ3) is 6.89. The molecule has 0 aliphatic heterocycles. The Morgan fingerprint density at radius 3 is 2.56 bits per heavy atom. The first kappa shape index (κ1) is 24.9. The van der Waals surface area contributed by atoms with Crippen LogP contribution in [0.2, 0.25) is 0 Å². The van der Waals surface area contributed by atoms with E-state index in [1.807, 2.05) is 72.8 Å². The lowest BCUT2D eigenvalue weighted by Crippen LogP contribution is -2.35. The van der Waals surface area contributed by atoms with Gasteiger partial charge in [-0.15, -0.1) is 11.3 Å². The highest BCUT2D eigenvalue weighted by atomic mass is 32.1. The number of benzene rings is 2. The van der Waals surface area contributed by atoms with Gasteiger partial charge in [0.15, 0.2) is 5.13 Å². The second-order valence-electron chi connectivity index (χ2n) is 7.92. The molecule has 2 aromatic carbocycles. The van der Waals surface area contributed by atoms with Gasteiger partial charge >= 0.3 is 0 Å². The molecule has 0 saturated carbocycles. The first-order valence-electron chi connectivity index (χ1n) is 11.5. The first-order chi connectivity index (χ1) is 17.6. The number of ether oxygens (including phenoxy) is 1. The van der Waals surface area contributed by atoms with Gasteiger partial charge in [0, 0.05) is 31.1 Å². The Morgan fingerprint density at radius 1 is 1.00 bits per heavy atom. The number of amides is 2. The number of carbonyl (C=O) groups excluding carboxylic acids is 2. The normalized spacial score (nSPS) is 10.5. The van der Waals surface area contributed by atoms with E-state index in [2.05, 4.69) is 20.6 Å². The van der Waals surface area contributed by atoms with E-state index in [0.717, 1.165) is 16.9 Å². The Hall–Kier alpha value is -4.24. The number of aromatic nitrogens is 2. The monoisotopic (exact) mass is 501 g/mol. The van der Waals surface area contributed by atoms with Crippen LogP contribution in [0, 0.1) is 0 Å². The highest BCUT2D eigenvalue weighted by Crippen LogP contribution is 2.29. The maximum Gasteiger partial charge on any atom is 0.273 e. The molecule has 184 valence electrons. The van der Waals surface area contributed by atoms with Crippen molar-refractivity contribution in [2.45, 2.75) is 19.5 Å². The molecule has 4 rings (SSSR count). The van der Waals surface area contributed by atoms with E-state index < -0.39 is 0 Å². The van der Waals surface area contributed by atoms with Crippen LogP contribution in [0.3, 0.4) is 0 Å². The lowest BCUT2D eigenvalue weighted by Gasteiger charge is -2.22. The molecule has 2 aromatic heterocycles. The number of nitrogens with one attached hydrogen (secondary N) is 2. The highest BCUT2D eigenvalue weighted by molar-refractivity contribution is 7.14. The topological polar surface area (TPSA) is 96.5 Å². The summed E-state index contributed by atoms with van der Waals surface area (Å²) in [5, 5.41) is 8.38. The number of hydrogen-bond acceptors (Lipinski definition) is 7. The molecule has 0 unspecified atom stereocenters. The Kier molecular flexibility index (Phi) is 8.61. The number of thiazole rings is 1. The molecule has 0 fully saturated rings. The fourth-order valence-electron chi connectivity index (χ4n) is 3.53. The summed E-state index contributed by atoms with van der Waals surface area (Å²) in [6.45, 7) is 0.977. The van der Waals surface area contributed by atoms with Crippen LogP contribution in [0.1, 0.15) is 28.2 Å². The second kappa shape index (κ2) is 12.5. The minimum absolute atomic E-state index is 0.150. The molecular weight excluding hydrogens is 474 g/mol. The summed E-state index contributed by atoms with van der Waals surface area (Å²) in [4.78, 5) is 36.3. The van der Waals surface area contributed by atoms with Crippen molar-refractivity contribution >= 4 is 34.0 Å². The number of pyridine rings is 1. The van der Waals surface area contributed by atoms with Gasteiger partial charge in [0.25, 0.3) is 5.91 Å². The molecule has 8 nitrogen and oxygen atoms in total. The van der Waals surface area contributed by atoms with Crippen LogP contribution in [-0.2, 0) is 17.9 Å². The van der Waals surface area contributed by atoms with Gasteiger partial charge in [-0.2, -0.15) is 0 Å². The summed E-state index contributed by atoms with van der Waals surface area (Å²) in [7, 11) is 1.60. The van der Waals surface area contributed by atoms with E-state index in [1.165, 1.54) is 11.3 Å². The van der Waals surface area contributed by atoms with Gasteiger partial charge < -0.3 is 20.3 Å². The molecule has 2 N–H and O–H groups in total. The number of carbonyl (C=O) groups is 2. The van der Waals surface area contributed by atoms with E-state index in [1.54, 1.807) is 23.6 Å². The molecule has 2 heterocycles. The predicted octanol–water partition coefficient (Wildman–Crippen LogP) is 4.64. The highest BCUT2D eigenvalue weighted by Gasteiger charge is 2.20. The number of hydrogen-bond donors (Lipinski definition) is 2. The van der Waals surface area contributed by atoms with Gasteiger partial charge in [-0.1, -0.05) is 48.5 Å². The summed E-state index contributed by atoms with van der Waals surface area (Å²) < 4.78 is 5.38. The van der Waals surface area contributed by atoms with Gasteiger partial charge in [-0.05, 0) is 29.8 Å². The van der Waals surface area contributed by atoms with Crippen molar-refractivity contribution < 1.29 is 14.3 Å². The summed E-state index contributed by atoms with van der Waals surface area (Å²) >= 11 is 1.33. The first-order valence-corrected chi connectivity index (χ1v) is 12.4.